The van der Waals surface area contributed by atoms with Crippen LogP contribution in [0, 0.1) is 13.8 Å². The minimum absolute atomic E-state index is 0.567. The maximum atomic E-state index is 4.45. The largest absolute Gasteiger partial charge is 0.363 e. The number of thiophene rings is 1. The summed E-state index contributed by atoms with van der Waals surface area (Å²) in [6.45, 7) is 8.35. The van der Waals surface area contributed by atoms with Gasteiger partial charge in [-0.15, -0.1) is 30.7 Å². The molecule has 0 bridgehead atoms. The molecule has 0 radical (unpaired) electrons. The van der Waals surface area contributed by atoms with Crippen molar-refractivity contribution in [1.29, 1.82) is 0 Å². The molecule has 9 nitrogen and oxygen atoms in total. The van der Waals surface area contributed by atoms with E-state index in [1.807, 2.05) is 56.3 Å². The standard InChI is InChI=1S/C27H29N9S2/c1-4-7-24-33-35-27(38-24)34-31-23-11-8-20(16-19(23)3)28-30-22-10-9-21(17-18(22)2)29-32-25-12-13-26(37-25)36-14-5-6-15-36/h8-13,16-17H,4-7,14-15H2,1-3H3/b30-28+,32-29+,34-31+. The Morgan fingerprint density at radius 2 is 1.39 bits per heavy atom. The van der Waals surface area contributed by atoms with Gasteiger partial charge in [0.05, 0.1) is 27.8 Å². The molecule has 0 amide bonds. The number of benzene rings is 2. The van der Waals surface area contributed by atoms with Gasteiger partial charge in [0.15, 0.2) is 0 Å². The molecule has 5 rings (SSSR count). The van der Waals surface area contributed by atoms with Crippen LogP contribution in [0.2, 0.25) is 0 Å². The highest BCUT2D eigenvalue weighted by Crippen LogP contribution is 2.35. The lowest BCUT2D eigenvalue weighted by Crippen LogP contribution is -2.15. The molecule has 0 saturated carbocycles. The molecule has 1 saturated heterocycles. The fraction of sp³-hybridized carbons (Fsp3) is 0.333. The Morgan fingerprint density at radius 1 is 0.737 bits per heavy atom. The predicted molar refractivity (Wildman–Crippen MR) is 155 cm³/mol. The van der Waals surface area contributed by atoms with Crippen molar-refractivity contribution in [3.05, 3.63) is 64.7 Å². The molecule has 1 aliphatic heterocycles. The zero-order valence-corrected chi connectivity index (χ0v) is 23.3. The number of azo groups is 3. The predicted octanol–water partition coefficient (Wildman–Crippen LogP) is 10.0. The Hall–Kier alpha value is -3.70. The average Bonchev–Trinajstić information content (AvgIpc) is 3.69. The molecule has 0 spiro atoms. The number of hydrogen-bond acceptors (Lipinski definition) is 11. The molecule has 0 atom stereocenters. The normalized spacial score (nSPS) is 14.1. The van der Waals surface area contributed by atoms with E-state index in [2.05, 4.69) is 58.8 Å². The van der Waals surface area contributed by atoms with Crippen LogP contribution in [0.15, 0.2) is 79.2 Å². The Balaban J connectivity index is 1.21. The monoisotopic (exact) mass is 543 g/mol. The second-order valence-electron chi connectivity index (χ2n) is 9.08. The molecule has 0 unspecified atom stereocenters. The van der Waals surface area contributed by atoms with Crippen molar-refractivity contribution >= 4 is 60.6 Å². The van der Waals surface area contributed by atoms with Crippen LogP contribution in [-0.2, 0) is 6.42 Å². The molecule has 194 valence electrons. The lowest BCUT2D eigenvalue weighted by molar-refractivity contribution is 0.877. The number of aromatic nitrogens is 2. The van der Waals surface area contributed by atoms with Gasteiger partial charge in [-0.2, -0.15) is 10.2 Å². The van der Waals surface area contributed by atoms with Crippen LogP contribution in [0.4, 0.5) is 37.9 Å². The third kappa shape index (κ3) is 6.59. The molecule has 2 aromatic heterocycles. The topological polar surface area (TPSA) is 103 Å². The molecule has 4 aromatic rings. The van der Waals surface area contributed by atoms with E-state index in [1.54, 1.807) is 11.3 Å². The van der Waals surface area contributed by atoms with Gasteiger partial charge in [0.25, 0.3) is 5.13 Å². The number of anilines is 1. The summed E-state index contributed by atoms with van der Waals surface area (Å²) in [5, 5.41) is 38.2. The van der Waals surface area contributed by atoms with Crippen LogP contribution < -0.4 is 4.90 Å². The van der Waals surface area contributed by atoms with E-state index in [0.29, 0.717) is 5.13 Å². The third-order valence-corrected chi connectivity index (χ3v) is 7.95. The van der Waals surface area contributed by atoms with Crippen LogP contribution in [0.1, 0.15) is 42.3 Å². The molecule has 38 heavy (non-hydrogen) atoms. The van der Waals surface area contributed by atoms with Crippen molar-refractivity contribution in [3.63, 3.8) is 0 Å². The van der Waals surface area contributed by atoms with E-state index in [4.69, 9.17) is 0 Å². The first kappa shape index (κ1) is 25.9. The molecule has 1 fully saturated rings. The van der Waals surface area contributed by atoms with Crippen molar-refractivity contribution in [2.45, 2.75) is 46.5 Å². The van der Waals surface area contributed by atoms with E-state index in [-0.39, 0.29) is 0 Å². The van der Waals surface area contributed by atoms with Crippen molar-refractivity contribution in [1.82, 2.24) is 10.2 Å². The lowest BCUT2D eigenvalue weighted by atomic mass is 10.2. The van der Waals surface area contributed by atoms with E-state index in [1.165, 1.54) is 29.2 Å². The van der Waals surface area contributed by atoms with Gasteiger partial charge in [-0.1, -0.05) is 29.6 Å². The Bertz CT molecular complexity index is 1480. The zero-order valence-electron chi connectivity index (χ0n) is 21.7. The molecule has 11 heteroatoms. The molecule has 3 heterocycles. The van der Waals surface area contributed by atoms with Gasteiger partial charge in [-0.05, 0) is 92.8 Å². The van der Waals surface area contributed by atoms with Crippen LogP contribution >= 0.6 is 22.7 Å². The molecular weight excluding hydrogens is 514 g/mol. The number of aryl methyl sites for hydroxylation is 3. The second kappa shape index (κ2) is 12.2. The molecule has 0 aliphatic carbocycles. The Labute approximate surface area is 230 Å². The van der Waals surface area contributed by atoms with Gasteiger partial charge >= 0.3 is 0 Å². The molecular formula is C27H29N9S2. The van der Waals surface area contributed by atoms with Crippen molar-refractivity contribution in [3.8, 4) is 0 Å². The van der Waals surface area contributed by atoms with E-state index >= 15 is 0 Å². The van der Waals surface area contributed by atoms with E-state index < -0.39 is 0 Å². The smallest absolute Gasteiger partial charge is 0.251 e. The highest BCUT2D eigenvalue weighted by molar-refractivity contribution is 7.19. The van der Waals surface area contributed by atoms with Crippen LogP contribution in [0.25, 0.3) is 0 Å². The Morgan fingerprint density at radius 3 is 2.05 bits per heavy atom. The SMILES string of the molecule is CCCc1nnc(/N=N/c2ccc(/N=N/c3ccc(/N=N/c4ccc(N5CCCC5)s4)cc3C)cc2C)s1. The van der Waals surface area contributed by atoms with Crippen molar-refractivity contribution < 1.29 is 0 Å². The first-order valence-corrected chi connectivity index (χ1v) is 14.3. The number of hydrogen-bond donors (Lipinski definition) is 0. The summed E-state index contributed by atoms with van der Waals surface area (Å²) in [7, 11) is 0. The fourth-order valence-electron chi connectivity index (χ4n) is 4.02. The average molecular weight is 544 g/mol. The molecule has 1 aliphatic rings. The number of rotatable bonds is 9. The fourth-order valence-corrected chi connectivity index (χ4v) is 5.66. The minimum atomic E-state index is 0.567. The van der Waals surface area contributed by atoms with Crippen LogP contribution in [0.5, 0.6) is 0 Å². The first-order chi connectivity index (χ1) is 18.6. The maximum Gasteiger partial charge on any atom is 0.251 e. The minimum Gasteiger partial charge on any atom is -0.363 e. The summed E-state index contributed by atoms with van der Waals surface area (Å²) >= 11 is 3.15. The zero-order chi connectivity index (χ0) is 26.3. The summed E-state index contributed by atoms with van der Waals surface area (Å²) < 4.78 is 0. The van der Waals surface area contributed by atoms with Crippen LogP contribution in [-0.4, -0.2) is 23.3 Å². The first-order valence-electron chi connectivity index (χ1n) is 12.7. The highest BCUT2D eigenvalue weighted by Gasteiger charge is 2.14. The van der Waals surface area contributed by atoms with Gasteiger partial charge < -0.3 is 4.90 Å². The van der Waals surface area contributed by atoms with Crippen molar-refractivity contribution in [2.24, 2.45) is 30.7 Å². The lowest BCUT2D eigenvalue weighted by Gasteiger charge is -2.13. The van der Waals surface area contributed by atoms with Crippen LogP contribution in [0.3, 0.4) is 0 Å². The quantitative estimate of drug-likeness (QED) is 0.196. The summed E-state index contributed by atoms with van der Waals surface area (Å²) in [4.78, 5) is 2.41. The van der Waals surface area contributed by atoms with E-state index in [0.717, 1.165) is 69.8 Å². The third-order valence-electron chi connectivity index (χ3n) is 6.06. The number of nitrogens with zero attached hydrogens (tertiary/aromatic N) is 9. The van der Waals surface area contributed by atoms with Crippen molar-refractivity contribution in [2.75, 3.05) is 18.0 Å². The van der Waals surface area contributed by atoms with E-state index in [9.17, 15) is 0 Å². The summed E-state index contributed by atoms with van der Waals surface area (Å²) in [5.41, 5.74) is 5.03. The van der Waals surface area contributed by atoms with Gasteiger partial charge in [0, 0.05) is 19.5 Å². The molecule has 0 N–H and O–H groups in total. The summed E-state index contributed by atoms with van der Waals surface area (Å²) in [6, 6.07) is 15.7. The van der Waals surface area contributed by atoms with Gasteiger partial charge in [0.2, 0.25) is 0 Å². The van der Waals surface area contributed by atoms with Gasteiger partial charge in [-0.25, -0.2) is 0 Å². The highest BCUT2D eigenvalue weighted by atomic mass is 32.1. The Kier molecular flexibility index (Phi) is 8.34. The van der Waals surface area contributed by atoms with Gasteiger partial charge in [0.1, 0.15) is 10.0 Å². The molecule has 2 aromatic carbocycles. The summed E-state index contributed by atoms with van der Waals surface area (Å²) in [6.07, 6.45) is 4.47. The second-order valence-corrected chi connectivity index (χ2v) is 11.2. The summed E-state index contributed by atoms with van der Waals surface area (Å²) in [5.74, 6) is 0. The van der Waals surface area contributed by atoms with Gasteiger partial charge in [-0.3, -0.25) is 0 Å². The maximum absolute atomic E-state index is 4.45.